The minimum atomic E-state index is 0. The molecule has 0 atom stereocenters. The van der Waals surface area contributed by atoms with E-state index in [0.717, 1.165) is 21.9 Å². The van der Waals surface area contributed by atoms with E-state index in [9.17, 15) is 0 Å². The van der Waals surface area contributed by atoms with Crippen LogP contribution in [0.1, 0.15) is 125 Å². The van der Waals surface area contributed by atoms with Crippen LogP contribution in [0, 0.1) is 0 Å². The molecule has 0 spiro atoms. The predicted molar refractivity (Wildman–Crippen MR) is 159 cm³/mol. The molecule has 0 heterocycles. The van der Waals surface area contributed by atoms with Gasteiger partial charge < -0.3 is 34.3 Å². The molecule has 0 aliphatic heterocycles. The van der Waals surface area contributed by atoms with Crippen molar-refractivity contribution in [3.63, 3.8) is 0 Å². The van der Waals surface area contributed by atoms with Crippen LogP contribution in [0.25, 0.3) is 11.8 Å². The van der Waals surface area contributed by atoms with Gasteiger partial charge in [0, 0.05) is 7.49 Å². The van der Waals surface area contributed by atoms with Gasteiger partial charge in [0.25, 0.3) is 0 Å². The molecule has 2 nitrogen and oxygen atoms in total. The first-order valence-electron chi connectivity index (χ1n) is 15.2. The zero-order chi connectivity index (χ0) is 25.3. The van der Waals surface area contributed by atoms with Gasteiger partial charge in [-0.2, -0.15) is 0 Å². The van der Waals surface area contributed by atoms with E-state index in [1.165, 1.54) is 36.2 Å². The molecule has 0 saturated heterocycles. The number of rotatable bonds is 7. The first-order valence-corrected chi connectivity index (χ1v) is 16.8. The normalized spacial score (nSPS) is 19.5. The molecule has 0 aromatic heterocycles. The minimum absolute atomic E-state index is 0. The second-order valence-corrected chi connectivity index (χ2v) is 15.1. The van der Waals surface area contributed by atoms with Crippen LogP contribution < -0.4 is 44.7 Å². The Morgan fingerprint density at radius 2 is 1.13 bits per heavy atom. The van der Waals surface area contributed by atoms with E-state index >= 15 is 0 Å². The molecule has 4 aliphatic carbocycles. The summed E-state index contributed by atoms with van der Waals surface area (Å²) < 4.78 is 11.5. The molecular weight excluding hydrogens is 631 g/mol. The molecule has 0 unspecified atom stereocenters. The van der Waals surface area contributed by atoms with Gasteiger partial charge in [-0.05, 0) is 107 Å². The Morgan fingerprint density at radius 1 is 0.692 bits per heavy atom. The summed E-state index contributed by atoms with van der Waals surface area (Å²) in [7, 11) is 0.385. The van der Waals surface area contributed by atoms with E-state index < -0.39 is 0 Å². The molecule has 4 aliphatic rings. The van der Waals surface area contributed by atoms with E-state index in [-0.39, 0.29) is 57.9 Å². The van der Waals surface area contributed by atoms with Crippen molar-refractivity contribution in [1.29, 1.82) is 0 Å². The number of ether oxygens (including phenoxy) is 2. The van der Waals surface area contributed by atoms with E-state index in [1.54, 1.807) is 77.0 Å². The number of halogens is 2. The number of hydrogen-bond donors (Lipinski definition) is 0. The number of allylic oxidation sites excluding steroid dienone is 1. The van der Waals surface area contributed by atoms with Crippen LogP contribution in [0.4, 0.5) is 0 Å². The molecule has 6 heteroatoms. The number of hydrogen-bond acceptors (Lipinski definition) is 2. The summed E-state index contributed by atoms with van der Waals surface area (Å²) in [4.78, 5) is 0. The second kappa shape index (κ2) is 19.2. The maximum Gasteiger partial charge on any atom is 3.00 e. The van der Waals surface area contributed by atoms with Gasteiger partial charge in [-0.1, -0.05) is 65.7 Å². The van der Waals surface area contributed by atoms with Crippen molar-refractivity contribution in [3.8, 4) is 11.5 Å². The van der Waals surface area contributed by atoms with Crippen LogP contribution in [0.2, 0.25) is 0 Å². The fourth-order valence-electron chi connectivity index (χ4n) is 6.83. The number of benzene rings is 1. The van der Waals surface area contributed by atoms with Crippen molar-refractivity contribution in [2.75, 3.05) is 0 Å². The van der Waals surface area contributed by atoms with Crippen molar-refractivity contribution in [1.82, 2.24) is 0 Å². The summed E-state index contributed by atoms with van der Waals surface area (Å²) in [5, 5.41) is 2.13. The van der Waals surface area contributed by atoms with E-state index in [2.05, 4.69) is 5.73 Å². The maximum absolute atomic E-state index is 5.80. The van der Waals surface area contributed by atoms with Crippen molar-refractivity contribution < 1.29 is 55.2 Å². The molecular formula is C33H53Cl2O2PRu+. The number of fused-ring (bicyclic) bond motifs is 1. The van der Waals surface area contributed by atoms with Gasteiger partial charge in [0.15, 0.2) is 0 Å². The maximum atomic E-state index is 5.80. The van der Waals surface area contributed by atoms with Crippen molar-refractivity contribution >= 4 is 19.7 Å². The van der Waals surface area contributed by atoms with Crippen molar-refractivity contribution in [3.05, 3.63) is 28.6 Å². The van der Waals surface area contributed by atoms with Crippen LogP contribution in [0.3, 0.4) is 0 Å². The van der Waals surface area contributed by atoms with Gasteiger partial charge in [0.1, 0.15) is 11.5 Å². The third-order valence-corrected chi connectivity index (χ3v) is 12.4. The van der Waals surface area contributed by atoms with Gasteiger partial charge in [-0.3, -0.25) is 0 Å². The summed E-state index contributed by atoms with van der Waals surface area (Å²) in [6.45, 7) is 8.07. The van der Waals surface area contributed by atoms with Crippen LogP contribution in [0.15, 0.2) is 18.2 Å². The minimum Gasteiger partial charge on any atom is -1.00 e. The van der Waals surface area contributed by atoms with Crippen molar-refractivity contribution in [2.45, 2.75) is 153 Å². The standard InChI is InChI=1S/C18H33P.C15H18O2.2ClH.Ru.H2/c1-4-10-16(11-5-1)19(17-12-6-2-7-13-17)18-14-8-3-9-15-18;1-10(2)16-13-8-12-6-5-7-14(12)15(9-13)17-11(3)4;;;;/h16-18H,1-15H2;5-6,8-11H,1-4H3;2*1H;;1H/q;;;;+3;/p-2. The topological polar surface area (TPSA) is 18.5 Å². The molecule has 0 N–H and O–H groups in total. The molecule has 5 rings (SSSR count). The zero-order valence-corrected chi connectivity index (χ0v) is 28.8. The van der Waals surface area contributed by atoms with Crippen LogP contribution >= 0.6 is 7.92 Å². The monoisotopic (exact) mass is 684 g/mol. The first kappa shape index (κ1) is 37.0. The smallest absolute Gasteiger partial charge is 1.00 e. The SMILES string of the molecule is C1CCC(P(C2CCCCC2)C2CCCCC2)CC1.CC(C)Oc1cc(OC(C)C)c2c(c1)=CC=C=2.[Cl-].[Cl-].[HH].[Ru+3]. The van der Waals surface area contributed by atoms with Gasteiger partial charge >= 0.3 is 19.5 Å². The fraction of sp³-hybridized carbons (Fsp3) is 0.727. The molecule has 0 bridgehead atoms. The molecule has 223 valence electrons. The average Bonchev–Trinajstić information content (AvgIpc) is 3.35. The third-order valence-electron chi connectivity index (χ3n) is 8.32. The first-order chi connectivity index (χ1) is 17.5. The van der Waals surface area contributed by atoms with Crippen molar-refractivity contribution in [2.24, 2.45) is 0 Å². The fourth-order valence-corrected chi connectivity index (χ4v) is 11.5. The Labute approximate surface area is 267 Å². The molecule has 1 aromatic rings. The summed E-state index contributed by atoms with van der Waals surface area (Å²) in [6.07, 6.45) is 27.9. The Balaban J connectivity index is 0.000000695. The van der Waals surface area contributed by atoms with Gasteiger partial charge in [0.05, 0.1) is 17.4 Å². The second-order valence-electron chi connectivity index (χ2n) is 12.0. The van der Waals surface area contributed by atoms with E-state index in [4.69, 9.17) is 9.47 Å². The predicted octanol–water partition coefficient (Wildman–Crippen LogP) is 2.71. The zero-order valence-electron chi connectivity index (χ0n) is 24.7. The quantitative estimate of drug-likeness (QED) is 0.325. The van der Waals surface area contributed by atoms with Gasteiger partial charge in [0.2, 0.25) is 0 Å². The van der Waals surface area contributed by atoms with Crippen LogP contribution in [0.5, 0.6) is 11.5 Å². The van der Waals surface area contributed by atoms with Gasteiger partial charge in [-0.15, -0.1) is 5.73 Å². The molecule has 1 aromatic carbocycles. The Kier molecular flexibility index (Phi) is 18.2. The van der Waals surface area contributed by atoms with E-state index in [0.29, 0.717) is 7.92 Å². The molecule has 39 heavy (non-hydrogen) atoms. The molecule has 3 fully saturated rings. The summed E-state index contributed by atoms with van der Waals surface area (Å²) in [5.41, 5.74) is 6.76. The van der Waals surface area contributed by atoms with Crippen LogP contribution in [-0.2, 0) is 19.5 Å². The molecule has 3 saturated carbocycles. The van der Waals surface area contributed by atoms with E-state index in [1.807, 2.05) is 52.0 Å². The largest absolute Gasteiger partial charge is 3.00 e. The third kappa shape index (κ3) is 11.3. The molecule has 1 radical (unpaired) electrons. The molecule has 0 amide bonds. The summed E-state index contributed by atoms with van der Waals surface area (Å²) >= 11 is 0. The Bertz CT molecular complexity index is 938. The Hall–Kier alpha value is -0.0266. The van der Waals surface area contributed by atoms with Crippen LogP contribution in [-0.4, -0.2) is 29.2 Å². The summed E-state index contributed by atoms with van der Waals surface area (Å²) in [6, 6.07) is 3.97. The average molecular weight is 685 g/mol. The van der Waals surface area contributed by atoms with Gasteiger partial charge in [-0.25, -0.2) is 0 Å². The summed E-state index contributed by atoms with van der Waals surface area (Å²) in [5.74, 6) is 1.70. The Morgan fingerprint density at radius 3 is 1.54 bits per heavy atom.